The van der Waals surface area contributed by atoms with Crippen molar-refractivity contribution in [2.45, 2.75) is 26.2 Å². The molecular weight excluding hydrogens is 466 g/mol. The molecule has 0 saturated carbocycles. The van der Waals surface area contributed by atoms with Crippen LogP contribution in [-0.2, 0) is 25.5 Å². The average molecular weight is 494 g/mol. The van der Waals surface area contributed by atoms with Gasteiger partial charge in [0.05, 0.1) is 36.1 Å². The molecular formula is C26H27N3O5S. The zero-order valence-electron chi connectivity index (χ0n) is 19.8. The van der Waals surface area contributed by atoms with Crippen LogP contribution in [0, 0.1) is 17.2 Å². The third-order valence-corrected chi connectivity index (χ3v) is 6.54. The maximum absolute atomic E-state index is 12.9. The largest absolute Gasteiger partial charge is 0.494 e. The normalized spacial score (nSPS) is 17.3. The zero-order chi connectivity index (χ0) is 25.4. The number of ether oxygens (including phenoxy) is 2. The molecule has 0 unspecified atom stereocenters. The molecule has 2 N–H and O–H groups in total. The van der Waals surface area contributed by atoms with Gasteiger partial charge in [-0.25, -0.2) is 0 Å². The number of amides is 2. The van der Waals surface area contributed by atoms with Crippen LogP contribution in [0.15, 0.2) is 59.1 Å². The van der Waals surface area contributed by atoms with E-state index in [1.165, 1.54) is 7.11 Å². The minimum absolute atomic E-state index is 0.0325. The Kier molecular flexibility index (Phi) is 8.92. The molecule has 8 nitrogen and oxygen atoms in total. The van der Waals surface area contributed by atoms with Gasteiger partial charge in [-0.05, 0) is 48.7 Å². The molecule has 0 saturated heterocycles. The van der Waals surface area contributed by atoms with Gasteiger partial charge in [0.15, 0.2) is 0 Å². The molecule has 182 valence electrons. The number of carbonyl (C=O) groups is 3. The van der Waals surface area contributed by atoms with Gasteiger partial charge >= 0.3 is 5.97 Å². The van der Waals surface area contributed by atoms with E-state index in [-0.39, 0.29) is 22.3 Å². The molecule has 1 aliphatic rings. The monoisotopic (exact) mass is 493 g/mol. The van der Waals surface area contributed by atoms with Crippen molar-refractivity contribution < 1.29 is 23.9 Å². The Labute approximate surface area is 208 Å². The van der Waals surface area contributed by atoms with E-state index in [0.29, 0.717) is 23.6 Å². The summed E-state index contributed by atoms with van der Waals surface area (Å²) in [5, 5.41) is 15.7. The van der Waals surface area contributed by atoms with E-state index >= 15 is 0 Å². The average Bonchev–Trinajstić information content (AvgIpc) is 2.87. The van der Waals surface area contributed by atoms with Crippen LogP contribution in [0.1, 0.15) is 30.9 Å². The summed E-state index contributed by atoms with van der Waals surface area (Å²) >= 11 is 1.04. The number of esters is 1. The number of allylic oxidation sites excluding steroid dienone is 1. The summed E-state index contributed by atoms with van der Waals surface area (Å²) in [4.78, 5) is 37.9. The quantitative estimate of drug-likeness (QED) is 0.403. The smallest absolute Gasteiger partial charge is 0.319 e. The van der Waals surface area contributed by atoms with Crippen LogP contribution in [0.25, 0.3) is 0 Å². The second kappa shape index (κ2) is 12.1. The fourth-order valence-corrected chi connectivity index (χ4v) is 4.62. The number of rotatable bonds is 9. The van der Waals surface area contributed by atoms with Gasteiger partial charge < -0.3 is 20.1 Å². The van der Waals surface area contributed by atoms with Crippen LogP contribution in [0.5, 0.6) is 5.75 Å². The zero-order valence-corrected chi connectivity index (χ0v) is 20.6. The second-order valence-electron chi connectivity index (χ2n) is 7.71. The van der Waals surface area contributed by atoms with Crippen molar-refractivity contribution in [3.8, 4) is 11.8 Å². The number of aryl methyl sites for hydroxylation is 1. The van der Waals surface area contributed by atoms with Crippen molar-refractivity contribution in [3.05, 3.63) is 70.3 Å². The first-order valence-electron chi connectivity index (χ1n) is 11.2. The predicted octanol–water partition coefficient (Wildman–Crippen LogP) is 3.76. The Hall–Kier alpha value is -3.77. The first-order chi connectivity index (χ1) is 16.9. The summed E-state index contributed by atoms with van der Waals surface area (Å²) in [6.45, 7) is 4.41. The second-order valence-corrected chi connectivity index (χ2v) is 8.70. The van der Waals surface area contributed by atoms with Crippen LogP contribution in [0.4, 0.5) is 5.69 Å². The number of carbonyl (C=O) groups excluding carboxylic acids is 3. The lowest BCUT2D eigenvalue weighted by atomic mass is 9.78. The molecule has 0 aromatic heterocycles. The van der Waals surface area contributed by atoms with Crippen LogP contribution in [0.3, 0.4) is 0 Å². The molecule has 3 rings (SSSR count). The Balaban J connectivity index is 1.85. The maximum atomic E-state index is 12.9. The van der Waals surface area contributed by atoms with Crippen molar-refractivity contribution >= 4 is 35.2 Å². The van der Waals surface area contributed by atoms with Crippen LogP contribution < -0.4 is 15.4 Å². The molecule has 35 heavy (non-hydrogen) atoms. The number of anilines is 1. The third kappa shape index (κ3) is 6.22. The molecule has 1 heterocycles. The molecule has 2 atom stereocenters. The van der Waals surface area contributed by atoms with E-state index in [0.717, 1.165) is 23.7 Å². The number of nitriles is 1. The van der Waals surface area contributed by atoms with Gasteiger partial charge in [-0.15, -0.1) is 0 Å². The standard InChI is InChI=1S/C26H27N3O5S/c1-4-16-6-10-18(11-7-16)28-21(30)15-35-25-20(14-27)22(23(24(31)29-25)26(32)33-3)17-8-12-19(13-9-17)34-5-2/h6-13,22-23H,4-5,15H2,1-3H3,(H,28,30)(H,29,31)/t22-,23+/m1/s1. The number of methoxy groups -OCH3 is 1. The summed E-state index contributed by atoms with van der Waals surface area (Å²) < 4.78 is 10.3. The van der Waals surface area contributed by atoms with Gasteiger partial charge in [0.25, 0.3) is 0 Å². The van der Waals surface area contributed by atoms with Crippen LogP contribution >= 0.6 is 11.8 Å². The van der Waals surface area contributed by atoms with E-state index in [2.05, 4.69) is 23.6 Å². The van der Waals surface area contributed by atoms with Gasteiger partial charge in [-0.2, -0.15) is 5.26 Å². The fourth-order valence-electron chi connectivity index (χ4n) is 3.78. The van der Waals surface area contributed by atoms with E-state index < -0.39 is 23.7 Å². The van der Waals surface area contributed by atoms with Crippen LogP contribution in [0.2, 0.25) is 0 Å². The Bertz CT molecular complexity index is 1150. The van der Waals surface area contributed by atoms with Gasteiger partial charge in [-0.1, -0.05) is 43.0 Å². The van der Waals surface area contributed by atoms with Gasteiger partial charge in [0.2, 0.25) is 11.8 Å². The number of hydrogen-bond donors (Lipinski definition) is 2. The summed E-state index contributed by atoms with van der Waals surface area (Å²) in [5.74, 6) is -3.11. The molecule has 9 heteroatoms. The first kappa shape index (κ1) is 25.8. The van der Waals surface area contributed by atoms with Crippen molar-refractivity contribution in [1.29, 1.82) is 5.26 Å². The SMILES string of the molecule is CCOc1ccc([C@@H]2C(C#N)=C(SCC(=O)Nc3ccc(CC)cc3)NC(=O)[C@H]2C(=O)OC)cc1. The maximum Gasteiger partial charge on any atom is 0.319 e. The van der Waals surface area contributed by atoms with E-state index in [1.807, 2.05) is 31.2 Å². The van der Waals surface area contributed by atoms with E-state index in [9.17, 15) is 19.6 Å². The van der Waals surface area contributed by atoms with Gasteiger partial charge in [-0.3, -0.25) is 14.4 Å². The summed E-state index contributed by atoms with van der Waals surface area (Å²) in [5.41, 5.74) is 2.60. The summed E-state index contributed by atoms with van der Waals surface area (Å²) in [7, 11) is 1.20. The molecule has 2 aromatic rings. The predicted molar refractivity (Wildman–Crippen MR) is 134 cm³/mol. The lowest BCUT2D eigenvalue weighted by Crippen LogP contribution is -2.44. The molecule has 0 fully saturated rings. The molecule has 1 aliphatic heterocycles. The number of hydrogen-bond acceptors (Lipinski definition) is 7. The topological polar surface area (TPSA) is 118 Å². The van der Waals surface area contributed by atoms with Crippen molar-refractivity contribution in [3.63, 3.8) is 0 Å². The lowest BCUT2D eigenvalue weighted by Gasteiger charge is -2.31. The van der Waals surface area contributed by atoms with Gasteiger partial charge in [0, 0.05) is 11.6 Å². The Morgan fingerprint density at radius 2 is 1.80 bits per heavy atom. The number of nitrogens with zero attached hydrogens (tertiary/aromatic N) is 1. The van der Waals surface area contributed by atoms with Crippen LogP contribution in [-0.4, -0.2) is 37.3 Å². The number of thioether (sulfide) groups is 1. The minimum Gasteiger partial charge on any atom is -0.494 e. The molecule has 0 spiro atoms. The highest BCUT2D eigenvalue weighted by Crippen LogP contribution is 2.40. The molecule has 2 aromatic carbocycles. The lowest BCUT2D eigenvalue weighted by molar-refractivity contribution is -0.150. The highest BCUT2D eigenvalue weighted by Gasteiger charge is 2.44. The number of benzene rings is 2. The summed E-state index contributed by atoms with van der Waals surface area (Å²) in [6.07, 6.45) is 0.900. The molecule has 0 aliphatic carbocycles. The molecule has 2 amide bonds. The Morgan fingerprint density at radius 1 is 1.11 bits per heavy atom. The number of nitrogens with one attached hydrogen (secondary N) is 2. The first-order valence-corrected chi connectivity index (χ1v) is 12.2. The van der Waals surface area contributed by atoms with Crippen molar-refractivity contribution in [2.24, 2.45) is 5.92 Å². The summed E-state index contributed by atoms with van der Waals surface area (Å²) in [6, 6.07) is 16.5. The Morgan fingerprint density at radius 3 is 2.37 bits per heavy atom. The van der Waals surface area contributed by atoms with Crippen molar-refractivity contribution in [1.82, 2.24) is 5.32 Å². The fraction of sp³-hybridized carbons (Fsp3) is 0.308. The minimum atomic E-state index is -1.23. The van der Waals surface area contributed by atoms with E-state index in [4.69, 9.17) is 9.47 Å². The van der Waals surface area contributed by atoms with E-state index in [1.54, 1.807) is 24.3 Å². The van der Waals surface area contributed by atoms with Crippen molar-refractivity contribution in [2.75, 3.05) is 24.8 Å². The highest BCUT2D eigenvalue weighted by molar-refractivity contribution is 8.03. The molecule has 0 bridgehead atoms. The van der Waals surface area contributed by atoms with Gasteiger partial charge in [0.1, 0.15) is 11.7 Å². The molecule has 0 radical (unpaired) electrons. The highest BCUT2D eigenvalue weighted by atomic mass is 32.2. The third-order valence-electron chi connectivity index (χ3n) is 5.53.